The lowest BCUT2D eigenvalue weighted by atomic mass is 9.67. The van der Waals surface area contributed by atoms with E-state index in [2.05, 4.69) is 205 Å². The van der Waals surface area contributed by atoms with Crippen LogP contribution in [0.5, 0.6) is 0 Å². The predicted molar refractivity (Wildman–Crippen MR) is 222 cm³/mol. The van der Waals surface area contributed by atoms with E-state index in [-0.39, 0.29) is 0 Å². The minimum Gasteiger partial charge on any atom is -0.278 e. The van der Waals surface area contributed by atoms with Crippen molar-refractivity contribution in [2.45, 2.75) is 5.41 Å². The van der Waals surface area contributed by atoms with Crippen LogP contribution in [0.2, 0.25) is 0 Å². The van der Waals surface area contributed by atoms with Gasteiger partial charge in [0.1, 0.15) is 0 Å². The summed E-state index contributed by atoms with van der Waals surface area (Å²) >= 11 is 0. The van der Waals surface area contributed by atoms with Gasteiger partial charge in [0.2, 0.25) is 5.95 Å². The molecule has 1 aliphatic rings. The van der Waals surface area contributed by atoms with Crippen LogP contribution in [0.15, 0.2) is 200 Å². The molecule has 54 heavy (non-hydrogen) atoms. The van der Waals surface area contributed by atoms with Crippen molar-refractivity contribution in [2.75, 3.05) is 0 Å². The maximum absolute atomic E-state index is 5.43. The van der Waals surface area contributed by atoms with Crippen molar-refractivity contribution in [3.8, 4) is 39.5 Å². The molecular formula is C51H33N3. The van der Waals surface area contributed by atoms with Gasteiger partial charge in [-0.05, 0) is 68.8 Å². The molecule has 0 atom stereocenters. The number of nitrogens with zero attached hydrogens (tertiary/aromatic N) is 3. The molecular weight excluding hydrogens is 655 g/mol. The molecule has 0 saturated carbocycles. The molecule has 11 rings (SSSR count). The minimum absolute atomic E-state index is 0.482. The maximum atomic E-state index is 5.43. The smallest absolute Gasteiger partial charge is 0.235 e. The summed E-state index contributed by atoms with van der Waals surface area (Å²) in [5.41, 5.74) is 14.5. The van der Waals surface area contributed by atoms with Gasteiger partial charge in [0.25, 0.3) is 0 Å². The molecule has 0 radical (unpaired) electrons. The van der Waals surface area contributed by atoms with Crippen molar-refractivity contribution >= 4 is 32.7 Å². The zero-order valence-electron chi connectivity index (χ0n) is 29.4. The molecule has 10 aromatic rings. The molecule has 0 bridgehead atoms. The van der Waals surface area contributed by atoms with Crippen LogP contribution in [0, 0.1) is 0 Å². The summed E-state index contributed by atoms with van der Waals surface area (Å²) in [7, 11) is 0. The first-order chi connectivity index (χ1) is 26.8. The molecule has 8 aromatic carbocycles. The molecule has 3 nitrogen and oxygen atoms in total. The van der Waals surface area contributed by atoms with E-state index in [1.54, 1.807) is 0 Å². The summed E-state index contributed by atoms with van der Waals surface area (Å²) in [5.74, 6) is 0.658. The molecule has 0 N–H and O–H groups in total. The first-order valence-electron chi connectivity index (χ1n) is 18.5. The van der Waals surface area contributed by atoms with Crippen molar-refractivity contribution in [3.63, 3.8) is 0 Å². The Hall–Kier alpha value is -7.10. The third-order valence-electron chi connectivity index (χ3n) is 11.3. The highest BCUT2D eigenvalue weighted by Gasteiger charge is 2.46. The zero-order chi connectivity index (χ0) is 35.6. The summed E-state index contributed by atoms with van der Waals surface area (Å²) in [6.07, 6.45) is 0. The quantitative estimate of drug-likeness (QED) is 0.180. The Morgan fingerprint density at radius 2 is 0.944 bits per heavy atom. The standard InChI is InChI=1S/C51H33N3/c1-4-16-34(17-5-1)35-28-30-36(31-29-35)49-41-24-11-14-26-46(41)52-50(53-49)54-47-27-15-12-23-40(47)43-32-45-42(33-48(43)54)39-22-10-13-25-44(39)51(45,37-18-6-2-7-19-37)38-20-8-3-9-21-38/h1-33H. The van der Waals surface area contributed by atoms with Crippen LogP contribution >= 0.6 is 0 Å². The predicted octanol–water partition coefficient (Wildman–Crippen LogP) is 12.4. The molecule has 0 aliphatic heterocycles. The fraction of sp³-hybridized carbons (Fsp3) is 0.0196. The van der Waals surface area contributed by atoms with Gasteiger partial charge in [0.05, 0.1) is 27.7 Å². The molecule has 1 aliphatic carbocycles. The minimum atomic E-state index is -0.482. The normalized spacial score (nSPS) is 13.0. The molecule has 2 aromatic heterocycles. The van der Waals surface area contributed by atoms with Crippen molar-refractivity contribution in [1.82, 2.24) is 14.5 Å². The largest absolute Gasteiger partial charge is 0.278 e. The highest BCUT2D eigenvalue weighted by molar-refractivity contribution is 6.12. The summed E-state index contributed by atoms with van der Waals surface area (Å²) in [6.45, 7) is 0. The second-order valence-electron chi connectivity index (χ2n) is 14.1. The lowest BCUT2D eigenvalue weighted by molar-refractivity contribution is 0.769. The highest BCUT2D eigenvalue weighted by atomic mass is 15.2. The fourth-order valence-corrected chi connectivity index (χ4v) is 8.95. The molecule has 0 unspecified atom stereocenters. The average Bonchev–Trinajstić information content (AvgIpc) is 3.73. The molecule has 2 heterocycles. The van der Waals surface area contributed by atoms with Gasteiger partial charge >= 0.3 is 0 Å². The Kier molecular flexibility index (Phi) is 6.77. The van der Waals surface area contributed by atoms with Crippen molar-refractivity contribution in [1.29, 1.82) is 0 Å². The van der Waals surface area contributed by atoms with Gasteiger partial charge in [-0.1, -0.05) is 176 Å². The summed E-state index contributed by atoms with van der Waals surface area (Å²) < 4.78 is 2.27. The average molecular weight is 688 g/mol. The number of benzene rings is 8. The van der Waals surface area contributed by atoms with Crippen molar-refractivity contribution < 1.29 is 0 Å². The molecule has 0 saturated heterocycles. The number of hydrogen-bond acceptors (Lipinski definition) is 2. The molecule has 0 fully saturated rings. The van der Waals surface area contributed by atoms with E-state index < -0.39 is 5.41 Å². The Labute approximate surface area is 313 Å². The second kappa shape index (κ2) is 12.0. The molecule has 252 valence electrons. The van der Waals surface area contributed by atoms with Crippen molar-refractivity contribution in [2.24, 2.45) is 0 Å². The van der Waals surface area contributed by atoms with Gasteiger partial charge in [0, 0.05) is 21.7 Å². The maximum Gasteiger partial charge on any atom is 0.235 e. The molecule has 0 spiro atoms. The number of fused-ring (bicyclic) bond motifs is 7. The Bertz CT molecular complexity index is 2980. The highest BCUT2D eigenvalue weighted by Crippen LogP contribution is 2.57. The Morgan fingerprint density at radius 1 is 0.370 bits per heavy atom. The van der Waals surface area contributed by atoms with E-state index >= 15 is 0 Å². The number of para-hydroxylation sites is 2. The van der Waals surface area contributed by atoms with Crippen molar-refractivity contribution in [3.05, 3.63) is 222 Å². The molecule has 0 amide bonds. The van der Waals surface area contributed by atoms with Crippen LogP contribution in [0.1, 0.15) is 22.3 Å². The van der Waals surface area contributed by atoms with Crippen LogP contribution in [0.4, 0.5) is 0 Å². The van der Waals surface area contributed by atoms with Crippen LogP contribution in [0.25, 0.3) is 72.2 Å². The number of hydrogen-bond donors (Lipinski definition) is 0. The van der Waals surface area contributed by atoms with E-state index in [0.717, 1.165) is 33.2 Å². The number of aromatic nitrogens is 3. The van der Waals surface area contributed by atoms with E-state index in [1.807, 2.05) is 0 Å². The van der Waals surface area contributed by atoms with Crippen LogP contribution < -0.4 is 0 Å². The van der Waals surface area contributed by atoms with Crippen LogP contribution in [0.3, 0.4) is 0 Å². The van der Waals surface area contributed by atoms with E-state index in [0.29, 0.717) is 5.95 Å². The van der Waals surface area contributed by atoms with E-state index in [9.17, 15) is 0 Å². The first-order valence-corrected chi connectivity index (χ1v) is 18.5. The van der Waals surface area contributed by atoms with Gasteiger partial charge in [-0.25, -0.2) is 9.97 Å². The lowest BCUT2D eigenvalue weighted by Gasteiger charge is -2.33. The Morgan fingerprint density at radius 3 is 1.69 bits per heavy atom. The summed E-state index contributed by atoms with van der Waals surface area (Å²) in [6, 6.07) is 72.1. The van der Waals surface area contributed by atoms with Crippen LogP contribution in [-0.2, 0) is 5.41 Å². The van der Waals surface area contributed by atoms with Crippen LogP contribution in [-0.4, -0.2) is 14.5 Å². The monoisotopic (exact) mass is 687 g/mol. The van der Waals surface area contributed by atoms with E-state index in [4.69, 9.17) is 9.97 Å². The SMILES string of the molecule is c1ccc(-c2ccc(-c3nc(-n4c5ccccc5c5cc6c(cc54)-c4ccccc4C6(c4ccccc4)c4ccccc4)nc4ccccc34)cc2)cc1. The summed E-state index contributed by atoms with van der Waals surface area (Å²) in [5, 5.41) is 3.38. The second-order valence-corrected chi connectivity index (χ2v) is 14.1. The molecule has 3 heteroatoms. The first kappa shape index (κ1) is 30.5. The zero-order valence-corrected chi connectivity index (χ0v) is 29.4. The van der Waals surface area contributed by atoms with E-state index in [1.165, 1.54) is 55.3 Å². The van der Waals surface area contributed by atoms with Gasteiger partial charge in [-0.3, -0.25) is 4.57 Å². The topological polar surface area (TPSA) is 30.7 Å². The van der Waals surface area contributed by atoms with Gasteiger partial charge < -0.3 is 0 Å². The third kappa shape index (κ3) is 4.42. The fourth-order valence-electron chi connectivity index (χ4n) is 8.95. The summed E-state index contributed by atoms with van der Waals surface area (Å²) in [4.78, 5) is 10.7. The van der Waals surface area contributed by atoms with Gasteiger partial charge in [-0.15, -0.1) is 0 Å². The third-order valence-corrected chi connectivity index (χ3v) is 11.3. The number of rotatable bonds is 5. The van der Waals surface area contributed by atoms with Gasteiger partial charge in [-0.2, -0.15) is 0 Å². The van der Waals surface area contributed by atoms with Gasteiger partial charge in [0.15, 0.2) is 0 Å². The lowest BCUT2D eigenvalue weighted by Crippen LogP contribution is -2.28. The Balaban J connectivity index is 1.19.